The molecule has 0 aromatic rings. The maximum atomic E-state index is 3.36. The van der Waals surface area contributed by atoms with Gasteiger partial charge in [0.1, 0.15) is 0 Å². The van der Waals surface area contributed by atoms with Gasteiger partial charge >= 0.3 is 0 Å². The molecule has 0 aromatic heterocycles. The molecule has 1 heterocycles. The molecule has 1 aliphatic heterocycles. The minimum Gasteiger partial charge on any atom is -0.264 e. The lowest BCUT2D eigenvalue weighted by Crippen LogP contribution is -2.05. The fourth-order valence-corrected chi connectivity index (χ4v) is 2.44. The van der Waals surface area contributed by atoms with Gasteiger partial charge in [0, 0.05) is 12.3 Å². The van der Waals surface area contributed by atoms with E-state index in [1.807, 2.05) is 11.9 Å². The first-order valence-corrected chi connectivity index (χ1v) is 6.53. The van der Waals surface area contributed by atoms with Gasteiger partial charge in [-0.1, -0.05) is 42.7 Å². The number of allylic oxidation sites excluding steroid dienone is 4. The van der Waals surface area contributed by atoms with Gasteiger partial charge < -0.3 is 0 Å². The van der Waals surface area contributed by atoms with Crippen molar-refractivity contribution in [3.05, 3.63) is 23.8 Å². The molecule has 0 unspecified atom stereocenters. The van der Waals surface area contributed by atoms with Crippen LogP contribution in [0.3, 0.4) is 0 Å². The van der Waals surface area contributed by atoms with Crippen molar-refractivity contribution in [3.8, 4) is 0 Å². The average Bonchev–Trinajstić information content (AvgIpc) is 2.48. The van der Waals surface area contributed by atoms with Crippen molar-refractivity contribution < 1.29 is 0 Å². The number of hydrogen-bond acceptors (Lipinski definition) is 2. The summed E-state index contributed by atoms with van der Waals surface area (Å²) in [5.41, 5.74) is 1.45. The first-order valence-electron chi connectivity index (χ1n) is 5.54. The molecule has 1 aliphatic rings. The van der Waals surface area contributed by atoms with Crippen molar-refractivity contribution in [2.45, 2.75) is 33.1 Å². The molecule has 0 radical (unpaired) electrons. The zero-order valence-electron chi connectivity index (χ0n) is 9.25. The van der Waals surface area contributed by atoms with Crippen LogP contribution >= 0.6 is 11.9 Å². The van der Waals surface area contributed by atoms with Crippen LogP contribution in [0.4, 0.5) is 0 Å². The van der Waals surface area contributed by atoms with Crippen LogP contribution in [0, 0.1) is 5.92 Å². The second-order valence-corrected chi connectivity index (χ2v) is 4.64. The molecule has 1 atom stereocenters. The highest BCUT2D eigenvalue weighted by Crippen LogP contribution is 2.18. The van der Waals surface area contributed by atoms with E-state index in [9.17, 15) is 0 Å². The molecule has 2 heteroatoms. The molecule has 1 saturated heterocycles. The van der Waals surface area contributed by atoms with Crippen molar-refractivity contribution in [1.29, 1.82) is 0 Å². The third-order valence-corrected chi connectivity index (χ3v) is 3.52. The van der Waals surface area contributed by atoms with Crippen LogP contribution in [0.2, 0.25) is 0 Å². The summed E-state index contributed by atoms with van der Waals surface area (Å²) in [6.45, 7) is 5.48. The first-order chi connectivity index (χ1) is 6.86. The Balaban J connectivity index is 2.40. The number of hydrogen-bond donors (Lipinski definition) is 1. The quantitative estimate of drug-likeness (QED) is 0.566. The Kier molecular flexibility index (Phi) is 6.04. The molecule has 14 heavy (non-hydrogen) atoms. The van der Waals surface area contributed by atoms with Crippen molar-refractivity contribution in [2.24, 2.45) is 5.92 Å². The molecule has 80 valence electrons. The molecule has 1 fully saturated rings. The average molecular weight is 211 g/mol. The van der Waals surface area contributed by atoms with Crippen molar-refractivity contribution in [3.63, 3.8) is 0 Å². The zero-order valence-corrected chi connectivity index (χ0v) is 10.1. The summed E-state index contributed by atoms with van der Waals surface area (Å²) >= 11 is 1.87. The first kappa shape index (κ1) is 11.9. The van der Waals surface area contributed by atoms with E-state index in [1.165, 1.54) is 24.2 Å². The highest BCUT2D eigenvalue weighted by molar-refractivity contribution is 7.97. The van der Waals surface area contributed by atoms with E-state index >= 15 is 0 Å². The van der Waals surface area contributed by atoms with E-state index in [-0.39, 0.29) is 0 Å². The Morgan fingerprint density at radius 1 is 1.50 bits per heavy atom. The maximum Gasteiger partial charge on any atom is 0.00842 e. The molecular formula is C12H21NS. The molecule has 0 amide bonds. The second-order valence-electron chi connectivity index (χ2n) is 3.66. The smallest absolute Gasteiger partial charge is 0.00842 e. The highest BCUT2D eigenvalue weighted by atomic mass is 32.2. The molecule has 0 spiro atoms. The van der Waals surface area contributed by atoms with E-state index in [0.29, 0.717) is 0 Å². The third-order valence-electron chi connectivity index (χ3n) is 2.67. The third kappa shape index (κ3) is 4.34. The molecule has 0 aromatic carbocycles. The normalized spacial score (nSPS) is 25.3. The molecule has 0 aliphatic carbocycles. The van der Waals surface area contributed by atoms with Gasteiger partial charge in [0.25, 0.3) is 0 Å². The molecule has 0 saturated carbocycles. The molecule has 1 nitrogen and oxygen atoms in total. The summed E-state index contributed by atoms with van der Waals surface area (Å²) in [5, 5.41) is 0. The summed E-state index contributed by atoms with van der Waals surface area (Å²) in [4.78, 5) is 0. The molecule has 1 N–H and O–H groups in total. The van der Waals surface area contributed by atoms with Crippen LogP contribution < -0.4 is 4.72 Å². The highest BCUT2D eigenvalue weighted by Gasteiger charge is 2.08. The number of nitrogens with one attached hydrogen (secondary N) is 1. The fourth-order valence-electron chi connectivity index (χ4n) is 1.61. The van der Waals surface area contributed by atoms with Crippen molar-refractivity contribution in [2.75, 3.05) is 12.3 Å². The predicted octanol–water partition coefficient (Wildman–Crippen LogP) is 3.55. The fraction of sp³-hybridized carbons (Fsp3) is 0.667. The lowest BCUT2D eigenvalue weighted by atomic mass is 10.0. The Labute approximate surface area is 92.2 Å². The van der Waals surface area contributed by atoms with Gasteiger partial charge in [0.15, 0.2) is 0 Å². The van der Waals surface area contributed by atoms with E-state index < -0.39 is 0 Å². The van der Waals surface area contributed by atoms with E-state index in [2.05, 4.69) is 36.8 Å². The SMILES string of the molecule is C/C=C(\C=C/[C@H]1CCNSCC1)CC. The van der Waals surface area contributed by atoms with Gasteiger partial charge in [0.05, 0.1) is 0 Å². The van der Waals surface area contributed by atoms with Gasteiger partial charge in [-0.25, -0.2) is 0 Å². The van der Waals surface area contributed by atoms with Crippen LogP contribution in [0.25, 0.3) is 0 Å². The van der Waals surface area contributed by atoms with Crippen LogP contribution in [0.5, 0.6) is 0 Å². The van der Waals surface area contributed by atoms with E-state index in [1.54, 1.807) is 0 Å². The van der Waals surface area contributed by atoms with Gasteiger partial charge in [-0.3, -0.25) is 4.72 Å². The van der Waals surface area contributed by atoms with E-state index in [0.717, 1.165) is 18.9 Å². The Bertz CT molecular complexity index is 200. The Morgan fingerprint density at radius 2 is 2.36 bits per heavy atom. The van der Waals surface area contributed by atoms with Crippen molar-refractivity contribution >= 4 is 11.9 Å². The molecular weight excluding hydrogens is 190 g/mol. The predicted molar refractivity (Wildman–Crippen MR) is 66.4 cm³/mol. The summed E-state index contributed by atoms with van der Waals surface area (Å²) < 4.78 is 3.36. The largest absolute Gasteiger partial charge is 0.264 e. The Morgan fingerprint density at radius 3 is 3.07 bits per heavy atom. The van der Waals surface area contributed by atoms with Gasteiger partial charge in [-0.05, 0) is 32.1 Å². The van der Waals surface area contributed by atoms with Crippen molar-refractivity contribution in [1.82, 2.24) is 4.72 Å². The second kappa shape index (κ2) is 7.13. The zero-order chi connectivity index (χ0) is 10.2. The van der Waals surface area contributed by atoms with Crippen LogP contribution in [-0.4, -0.2) is 12.3 Å². The van der Waals surface area contributed by atoms with Gasteiger partial charge in [0.2, 0.25) is 0 Å². The van der Waals surface area contributed by atoms with Crippen LogP contribution in [0.1, 0.15) is 33.1 Å². The lowest BCUT2D eigenvalue weighted by molar-refractivity contribution is 0.588. The minimum atomic E-state index is 0.777. The monoisotopic (exact) mass is 211 g/mol. The summed E-state index contributed by atoms with van der Waals surface area (Å²) in [6, 6.07) is 0. The van der Waals surface area contributed by atoms with Gasteiger partial charge in [-0.15, -0.1) is 0 Å². The van der Waals surface area contributed by atoms with Gasteiger partial charge in [-0.2, -0.15) is 0 Å². The maximum absolute atomic E-state index is 3.36. The lowest BCUT2D eigenvalue weighted by Gasteiger charge is -2.07. The summed E-state index contributed by atoms with van der Waals surface area (Å²) in [6.07, 6.45) is 10.7. The Hall–Kier alpha value is -0.210. The van der Waals surface area contributed by atoms with E-state index in [4.69, 9.17) is 0 Å². The minimum absolute atomic E-state index is 0.777. The number of rotatable bonds is 3. The van der Waals surface area contributed by atoms with Crippen LogP contribution in [0.15, 0.2) is 23.8 Å². The molecule has 0 bridgehead atoms. The topological polar surface area (TPSA) is 12.0 Å². The standard InChI is InChI=1S/C12H21NS/c1-3-11(4-2)5-6-12-7-9-13-14-10-8-12/h3,5-6,12-13H,4,7-10H2,1-2H3/b6-5-,11-3-/t12-/m0/s1. The summed E-state index contributed by atoms with van der Waals surface area (Å²) in [7, 11) is 0. The molecule has 1 rings (SSSR count). The van der Waals surface area contributed by atoms with Crippen LogP contribution in [-0.2, 0) is 0 Å². The summed E-state index contributed by atoms with van der Waals surface area (Å²) in [5.74, 6) is 2.02.